The molecule has 8 heavy (non-hydrogen) atoms. The monoisotopic (exact) mass is 112 g/mol. The zero-order valence-electron chi connectivity index (χ0n) is 4.03. The SMILES string of the molecule is C=NOc1ncn[nH]1. The van der Waals surface area contributed by atoms with Crippen LogP contribution in [0.15, 0.2) is 11.5 Å². The van der Waals surface area contributed by atoms with Gasteiger partial charge in [-0.2, -0.15) is 10.1 Å². The number of aromatic amines is 1. The van der Waals surface area contributed by atoms with Crippen LogP contribution in [0.3, 0.4) is 0 Å². The van der Waals surface area contributed by atoms with Crippen molar-refractivity contribution in [2.75, 3.05) is 0 Å². The Kier molecular flexibility index (Phi) is 1.23. The van der Waals surface area contributed by atoms with Gasteiger partial charge in [0.05, 0.1) is 0 Å². The summed E-state index contributed by atoms with van der Waals surface area (Å²) in [6, 6.07) is 0.250. The number of nitrogens with zero attached hydrogens (tertiary/aromatic N) is 3. The number of aromatic nitrogens is 3. The van der Waals surface area contributed by atoms with Gasteiger partial charge in [-0.1, -0.05) is 5.16 Å². The molecule has 1 heterocycles. The van der Waals surface area contributed by atoms with Crippen LogP contribution in [0.2, 0.25) is 0 Å². The van der Waals surface area contributed by atoms with Gasteiger partial charge in [0.25, 0.3) is 0 Å². The summed E-state index contributed by atoms with van der Waals surface area (Å²) in [7, 11) is 0. The van der Waals surface area contributed by atoms with Gasteiger partial charge in [-0.05, 0) is 0 Å². The van der Waals surface area contributed by atoms with E-state index in [9.17, 15) is 0 Å². The van der Waals surface area contributed by atoms with E-state index in [0.717, 1.165) is 0 Å². The van der Waals surface area contributed by atoms with E-state index in [4.69, 9.17) is 0 Å². The summed E-state index contributed by atoms with van der Waals surface area (Å²) in [4.78, 5) is 8.01. The first-order chi connectivity index (χ1) is 3.93. The minimum Gasteiger partial charge on any atom is -0.316 e. The van der Waals surface area contributed by atoms with E-state index in [-0.39, 0.29) is 6.01 Å². The summed E-state index contributed by atoms with van der Waals surface area (Å²) in [6.45, 7) is 3.08. The zero-order chi connectivity index (χ0) is 5.82. The van der Waals surface area contributed by atoms with Crippen LogP contribution in [0.25, 0.3) is 0 Å². The molecule has 0 atom stereocenters. The molecule has 1 rings (SSSR count). The van der Waals surface area contributed by atoms with Gasteiger partial charge in [0.15, 0.2) is 0 Å². The highest BCUT2D eigenvalue weighted by molar-refractivity contribution is 5.21. The third kappa shape index (κ3) is 0.810. The Morgan fingerprint density at radius 1 is 1.88 bits per heavy atom. The fourth-order valence-electron chi connectivity index (χ4n) is 0.299. The van der Waals surface area contributed by atoms with E-state index >= 15 is 0 Å². The molecule has 0 spiro atoms. The maximum Gasteiger partial charge on any atom is 0.341 e. The summed E-state index contributed by atoms with van der Waals surface area (Å²) in [5.74, 6) is 0. The Labute approximate surface area is 45.4 Å². The molecule has 0 aromatic carbocycles. The van der Waals surface area contributed by atoms with Crippen molar-refractivity contribution in [2.24, 2.45) is 5.16 Å². The summed E-state index contributed by atoms with van der Waals surface area (Å²) >= 11 is 0. The molecule has 5 nitrogen and oxygen atoms in total. The van der Waals surface area contributed by atoms with E-state index in [1.807, 2.05) is 0 Å². The molecular formula is C3H4N4O. The van der Waals surface area contributed by atoms with Gasteiger partial charge in [0.2, 0.25) is 0 Å². The zero-order valence-corrected chi connectivity index (χ0v) is 4.03. The van der Waals surface area contributed by atoms with Crippen LogP contribution < -0.4 is 4.84 Å². The highest BCUT2D eigenvalue weighted by Crippen LogP contribution is 1.93. The topological polar surface area (TPSA) is 63.2 Å². The number of oxime groups is 1. The van der Waals surface area contributed by atoms with Crippen LogP contribution in [-0.4, -0.2) is 21.9 Å². The van der Waals surface area contributed by atoms with Gasteiger partial charge in [0, 0.05) is 6.72 Å². The second-order valence-electron chi connectivity index (χ2n) is 1.01. The van der Waals surface area contributed by atoms with Gasteiger partial charge in [-0.15, -0.1) is 0 Å². The quantitative estimate of drug-likeness (QED) is 0.425. The summed E-state index contributed by atoms with van der Waals surface area (Å²) in [6.07, 6.45) is 1.32. The molecule has 0 aliphatic rings. The number of nitrogens with one attached hydrogen (secondary N) is 1. The lowest BCUT2D eigenvalue weighted by Crippen LogP contribution is -1.81. The van der Waals surface area contributed by atoms with E-state index < -0.39 is 0 Å². The number of hydrogen-bond acceptors (Lipinski definition) is 4. The van der Waals surface area contributed by atoms with E-state index in [1.165, 1.54) is 6.33 Å². The fourth-order valence-corrected chi connectivity index (χ4v) is 0.299. The molecule has 0 aliphatic carbocycles. The highest BCUT2D eigenvalue weighted by atomic mass is 16.6. The van der Waals surface area contributed by atoms with Crippen LogP contribution in [0, 0.1) is 0 Å². The summed E-state index contributed by atoms with van der Waals surface area (Å²) in [5, 5.41) is 9.01. The third-order valence-electron chi connectivity index (χ3n) is 0.544. The van der Waals surface area contributed by atoms with E-state index in [1.54, 1.807) is 0 Å². The minimum atomic E-state index is 0.250. The molecule has 0 unspecified atom stereocenters. The van der Waals surface area contributed by atoms with Crippen molar-refractivity contribution in [3.05, 3.63) is 6.33 Å². The molecule has 0 radical (unpaired) electrons. The van der Waals surface area contributed by atoms with Crippen molar-refractivity contribution in [1.29, 1.82) is 0 Å². The molecule has 0 amide bonds. The molecule has 5 heteroatoms. The molecule has 42 valence electrons. The Morgan fingerprint density at radius 3 is 3.25 bits per heavy atom. The van der Waals surface area contributed by atoms with Crippen LogP contribution in [0.4, 0.5) is 0 Å². The lowest BCUT2D eigenvalue weighted by Gasteiger charge is -1.83. The summed E-state index contributed by atoms with van der Waals surface area (Å²) < 4.78 is 0. The average Bonchev–Trinajstić information content (AvgIpc) is 2.19. The van der Waals surface area contributed by atoms with Gasteiger partial charge < -0.3 is 4.84 Å². The number of rotatable bonds is 2. The Morgan fingerprint density at radius 2 is 2.75 bits per heavy atom. The molecule has 1 aromatic heterocycles. The van der Waals surface area contributed by atoms with Crippen molar-refractivity contribution in [2.45, 2.75) is 0 Å². The molecule has 0 aliphatic heterocycles. The fraction of sp³-hybridized carbons (Fsp3) is 0. The largest absolute Gasteiger partial charge is 0.341 e. The lowest BCUT2D eigenvalue weighted by atomic mass is 11.2. The van der Waals surface area contributed by atoms with E-state index in [2.05, 4.69) is 31.9 Å². The van der Waals surface area contributed by atoms with Crippen LogP contribution in [0.1, 0.15) is 0 Å². The normalized spacial score (nSPS) is 8.50. The first kappa shape index (κ1) is 4.76. The van der Waals surface area contributed by atoms with Gasteiger partial charge in [0.1, 0.15) is 6.33 Å². The predicted octanol–water partition coefficient (Wildman–Crippen LogP) is -0.201. The van der Waals surface area contributed by atoms with Crippen LogP contribution in [0.5, 0.6) is 6.01 Å². The highest BCUT2D eigenvalue weighted by Gasteiger charge is 1.88. The minimum absolute atomic E-state index is 0.250. The summed E-state index contributed by atoms with van der Waals surface area (Å²) in [5.41, 5.74) is 0. The Balaban J connectivity index is 2.62. The Hall–Kier alpha value is -1.39. The molecule has 1 aromatic rings. The molecule has 0 saturated carbocycles. The molecular weight excluding hydrogens is 108 g/mol. The first-order valence-corrected chi connectivity index (χ1v) is 1.92. The van der Waals surface area contributed by atoms with Gasteiger partial charge in [-0.3, -0.25) is 0 Å². The predicted molar refractivity (Wildman–Crippen MR) is 26.6 cm³/mol. The third-order valence-corrected chi connectivity index (χ3v) is 0.544. The standard InChI is InChI=1S/C3H4N4O/c1-4-8-3-5-2-6-7-3/h2H,1H2,(H,5,6,7). The van der Waals surface area contributed by atoms with Crippen LogP contribution >= 0.6 is 0 Å². The van der Waals surface area contributed by atoms with Crippen LogP contribution in [-0.2, 0) is 0 Å². The number of H-pyrrole nitrogens is 1. The second kappa shape index (κ2) is 2.06. The first-order valence-electron chi connectivity index (χ1n) is 1.92. The van der Waals surface area contributed by atoms with Gasteiger partial charge in [-0.25, -0.2) is 5.10 Å². The maximum absolute atomic E-state index is 4.43. The number of hydrogen-bond donors (Lipinski definition) is 1. The maximum atomic E-state index is 4.43. The van der Waals surface area contributed by atoms with Crippen molar-refractivity contribution >= 4 is 6.72 Å². The van der Waals surface area contributed by atoms with Crippen molar-refractivity contribution < 1.29 is 4.84 Å². The molecule has 0 saturated heterocycles. The Bertz CT molecular complexity index is 158. The average molecular weight is 112 g/mol. The molecule has 1 N–H and O–H groups in total. The van der Waals surface area contributed by atoms with Crippen molar-refractivity contribution in [3.8, 4) is 6.01 Å². The smallest absolute Gasteiger partial charge is 0.316 e. The second-order valence-corrected chi connectivity index (χ2v) is 1.01. The van der Waals surface area contributed by atoms with Crippen molar-refractivity contribution in [3.63, 3.8) is 0 Å². The molecule has 0 bridgehead atoms. The van der Waals surface area contributed by atoms with Crippen molar-refractivity contribution in [1.82, 2.24) is 15.2 Å². The lowest BCUT2D eigenvalue weighted by molar-refractivity contribution is 0.318. The van der Waals surface area contributed by atoms with Gasteiger partial charge >= 0.3 is 6.01 Å². The van der Waals surface area contributed by atoms with E-state index in [0.29, 0.717) is 0 Å². The molecule has 0 fully saturated rings.